The molecule has 1 unspecified atom stereocenters. The van der Waals surface area contributed by atoms with Crippen LogP contribution in [0.25, 0.3) is 0 Å². The summed E-state index contributed by atoms with van der Waals surface area (Å²) in [5.41, 5.74) is 0.656. The number of rotatable bonds is 8. The van der Waals surface area contributed by atoms with Gasteiger partial charge < -0.3 is 15.4 Å². The summed E-state index contributed by atoms with van der Waals surface area (Å²) >= 11 is 1.34. The molecule has 0 aliphatic rings. The molecule has 2 aromatic rings. The average Bonchev–Trinajstić information content (AvgIpc) is 3.12. The number of benzene rings is 1. The third kappa shape index (κ3) is 7.30. The monoisotopic (exact) mass is 400 g/mol. The minimum atomic E-state index is -4.74. The zero-order valence-electron chi connectivity index (χ0n) is 14.5. The maximum atomic E-state index is 12.1. The van der Waals surface area contributed by atoms with Crippen LogP contribution in [0.3, 0.4) is 0 Å². The molecule has 2 rings (SSSR count). The molecule has 5 nitrogen and oxygen atoms in total. The van der Waals surface area contributed by atoms with Crippen molar-refractivity contribution >= 4 is 23.2 Å². The predicted molar refractivity (Wildman–Crippen MR) is 95.6 cm³/mol. The Bertz CT molecular complexity index is 746. The van der Waals surface area contributed by atoms with Crippen molar-refractivity contribution in [1.29, 1.82) is 0 Å². The lowest BCUT2D eigenvalue weighted by atomic mass is 10.1. The maximum absolute atomic E-state index is 12.1. The van der Waals surface area contributed by atoms with Crippen molar-refractivity contribution in [3.63, 3.8) is 0 Å². The summed E-state index contributed by atoms with van der Waals surface area (Å²) in [4.78, 5) is 24.3. The van der Waals surface area contributed by atoms with Crippen molar-refractivity contribution in [2.24, 2.45) is 0 Å². The highest BCUT2D eigenvalue weighted by Gasteiger charge is 2.31. The van der Waals surface area contributed by atoms with E-state index in [4.69, 9.17) is 0 Å². The largest absolute Gasteiger partial charge is 0.573 e. The molecule has 0 aliphatic carbocycles. The highest BCUT2D eigenvalue weighted by Crippen LogP contribution is 2.24. The van der Waals surface area contributed by atoms with Gasteiger partial charge in [-0.1, -0.05) is 18.2 Å². The van der Waals surface area contributed by atoms with E-state index >= 15 is 0 Å². The maximum Gasteiger partial charge on any atom is 0.573 e. The third-order valence-corrected chi connectivity index (χ3v) is 4.47. The summed E-state index contributed by atoms with van der Waals surface area (Å²) in [7, 11) is 0. The Morgan fingerprint density at radius 3 is 2.48 bits per heavy atom. The fourth-order valence-corrected chi connectivity index (χ4v) is 2.94. The molecule has 0 fully saturated rings. The molecule has 0 aliphatic heterocycles. The van der Waals surface area contributed by atoms with Gasteiger partial charge in [0.05, 0.1) is 10.9 Å². The highest BCUT2D eigenvalue weighted by molar-refractivity contribution is 7.12. The normalized spacial score (nSPS) is 12.3. The van der Waals surface area contributed by atoms with Gasteiger partial charge >= 0.3 is 6.36 Å². The first kappa shape index (κ1) is 20.8. The number of carbonyl (C=O) groups excluding carboxylic acids is 2. The zero-order chi connectivity index (χ0) is 19.9. The van der Waals surface area contributed by atoms with Crippen molar-refractivity contribution < 1.29 is 27.5 Å². The Morgan fingerprint density at radius 2 is 1.89 bits per heavy atom. The number of nitrogens with one attached hydrogen (secondary N) is 2. The SMILES string of the molecule is CC(NC(=O)CCCNC(=O)c1cccs1)c1ccc(OC(F)(F)F)cc1. The molecule has 0 bridgehead atoms. The van der Waals surface area contributed by atoms with Crippen LogP contribution in [-0.2, 0) is 4.79 Å². The summed E-state index contributed by atoms with van der Waals surface area (Å²) in [6.07, 6.45) is -4.03. The summed E-state index contributed by atoms with van der Waals surface area (Å²) in [5, 5.41) is 7.31. The van der Waals surface area contributed by atoms with Crippen LogP contribution in [0.5, 0.6) is 5.75 Å². The first-order chi connectivity index (χ1) is 12.7. The third-order valence-electron chi connectivity index (χ3n) is 3.60. The van der Waals surface area contributed by atoms with Crippen LogP contribution in [-0.4, -0.2) is 24.7 Å². The van der Waals surface area contributed by atoms with Gasteiger partial charge in [-0.15, -0.1) is 24.5 Å². The van der Waals surface area contributed by atoms with E-state index in [2.05, 4.69) is 15.4 Å². The number of alkyl halides is 3. The lowest BCUT2D eigenvalue weighted by Gasteiger charge is -2.15. The van der Waals surface area contributed by atoms with Gasteiger partial charge in [0.2, 0.25) is 5.91 Å². The van der Waals surface area contributed by atoms with Crippen molar-refractivity contribution in [2.45, 2.75) is 32.2 Å². The zero-order valence-corrected chi connectivity index (χ0v) is 15.3. The second kappa shape index (κ2) is 9.40. The van der Waals surface area contributed by atoms with Crippen LogP contribution in [0.4, 0.5) is 13.2 Å². The fraction of sp³-hybridized carbons (Fsp3) is 0.333. The van der Waals surface area contributed by atoms with Gasteiger partial charge in [-0.2, -0.15) is 0 Å². The van der Waals surface area contributed by atoms with Crippen molar-refractivity contribution in [3.8, 4) is 5.75 Å². The number of hydrogen-bond donors (Lipinski definition) is 2. The highest BCUT2D eigenvalue weighted by atomic mass is 32.1. The Morgan fingerprint density at radius 1 is 1.19 bits per heavy atom. The van der Waals surface area contributed by atoms with Crippen molar-refractivity contribution in [1.82, 2.24) is 10.6 Å². The Kier molecular flexibility index (Phi) is 7.23. The fourth-order valence-electron chi connectivity index (χ4n) is 2.30. The number of carbonyl (C=O) groups is 2. The van der Waals surface area contributed by atoms with Crippen LogP contribution in [0.15, 0.2) is 41.8 Å². The molecule has 2 N–H and O–H groups in total. The van der Waals surface area contributed by atoms with E-state index in [-0.39, 0.29) is 30.0 Å². The lowest BCUT2D eigenvalue weighted by molar-refractivity contribution is -0.274. The minimum absolute atomic E-state index is 0.167. The second-order valence-corrected chi connectivity index (χ2v) is 6.69. The average molecular weight is 400 g/mol. The standard InChI is InChI=1S/C18H19F3N2O3S/c1-12(13-6-8-14(9-7-13)26-18(19,20)21)23-16(24)5-2-10-22-17(25)15-4-3-11-27-15/h3-4,6-9,11-12H,2,5,10H2,1H3,(H,22,25)(H,23,24). The number of amides is 2. The molecule has 1 aromatic carbocycles. The number of ether oxygens (including phenoxy) is 1. The van der Waals surface area contributed by atoms with Crippen LogP contribution in [0, 0.1) is 0 Å². The van der Waals surface area contributed by atoms with Gasteiger partial charge in [0.15, 0.2) is 0 Å². The minimum Gasteiger partial charge on any atom is -0.406 e. The molecule has 0 radical (unpaired) electrons. The van der Waals surface area contributed by atoms with Gasteiger partial charge in [0.25, 0.3) is 5.91 Å². The molecule has 1 aromatic heterocycles. The quantitative estimate of drug-likeness (QED) is 0.658. The molecule has 0 saturated heterocycles. The van der Waals surface area contributed by atoms with Crippen molar-refractivity contribution in [2.75, 3.05) is 6.54 Å². The van der Waals surface area contributed by atoms with Crippen LogP contribution >= 0.6 is 11.3 Å². The van der Waals surface area contributed by atoms with Gasteiger partial charge in [-0.25, -0.2) is 0 Å². The van der Waals surface area contributed by atoms with Gasteiger partial charge in [-0.3, -0.25) is 9.59 Å². The Balaban J connectivity index is 1.71. The van der Waals surface area contributed by atoms with E-state index in [9.17, 15) is 22.8 Å². The van der Waals surface area contributed by atoms with Crippen LogP contribution in [0.2, 0.25) is 0 Å². The van der Waals surface area contributed by atoms with Gasteiger partial charge in [-0.05, 0) is 42.5 Å². The predicted octanol–water partition coefficient (Wildman–Crippen LogP) is 4.03. The summed E-state index contributed by atoms with van der Waals surface area (Å²) in [6, 6.07) is 8.48. The molecule has 2 amide bonds. The van der Waals surface area contributed by atoms with Gasteiger partial charge in [0.1, 0.15) is 5.75 Å². The molecule has 0 saturated carbocycles. The molecular formula is C18H19F3N2O3S. The van der Waals surface area contributed by atoms with E-state index < -0.39 is 6.36 Å². The Hall–Kier alpha value is -2.55. The van der Waals surface area contributed by atoms with E-state index in [1.807, 2.05) is 5.38 Å². The van der Waals surface area contributed by atoms with Crippen LogP contribution < -0.4 is 15.4 Å². The smallest absolute Gasteiger partial charge is 0.406 e. The first-order valence-electron chi connectivity index (χ1n) is 8.21. The molecule has 9 heteroatoms. The van der Waals surface area contributed by atoms with E-state index in [1.165, 1.54) is 35.6 Å². The molecule has 1 heterocycles. The number of halogens is 3. The van der Waals surface area contributed by atoms with E-state index in [0.29, 0.717) is 23.4 Å². The summed E-state index contributed by atoms with van der Waals surface area (Å²) in [5.74, 6) is -0.685. The molecule has 0 spiro atoms. The number of hydrogen-bond acceptors (Lipinski definition) is 4. The van der Waals surface area contributed by atoms with Gasteiger partial charge in [0, 0.05) is 13.0 Å². The topological polar surface area (TPSA) is 67.4 Å². The van der Waals surface area contributed by atoms with Crippen molar-refractivity contribution in [3.05, 3.63) is 52.2 Å². The number of thiophene rings is 1. The van der Waals surface area contributed by atoms with Crippen LogP contribution in [0.1, 0.15) is 41.0 Å². The molecular weight excluding hydrogens is 381 g/mol. The molecule has 146 valence electrons. The second-order valence-electron chi connectivity index (χ2n) is 5.74. The van der Waals surface area contributed by atoms with E-state index in [1.54, 1.807) is 19.1 Å². The molecule has 27 heavy (non-hydrogen) atoms. The summed E-state index contributed by atoms with van der Waals surface area (Å²) < 4.78 is 40.2. The molecule has 1 atom stereocenters. The van der Waals surface area contributed by atoms with E-state index in [0.717, 1.165) is 0 Å². The Labute approximate surface area is 158 Å². The first-order valence-corrected chi connectivity index (χ1v) is 9.09. The lowest BCUT2D eigenvalue weighted by Crippen LogP contribution is -2.28. The summed E-state index contributed by atoms with van der Waals surface area (Å²) in [6.45, 7) is 2.11.